The lowest BCUT2D eigenvalue weighted by molar-refractivity contribution is 0.0782. The molecule has 0 saturated carbocycles. The van der Waals surface area contributed by atoms with E-state index < -0.39 is 11.6 Å². The molecule has 0 aliphatic carbocycles. The minimum Gasteiger partial charge on any atom is -0.507 e. The average Bonchev–Trinajstić information content (AvgIpc) is 3.24. The molecule has 2 aromatic heterocycles. The van der Waals surface area contributed by atoms with Crippen molar-refractivity contribution in [2.24, 2.45) is 0 Å². The number of hydrogen-bond donors (Lipinski definition) is 3. The van der Waals surface area contributed by atoms with E-state index in [1.165, 1.54) is 17.0 Å². The topological polar surface area (TPSA) is 92.7 Å². The maximum absolute atomic E-state index is 13.3. The Labute approximate surface area is 198 Å². The summed E-state index contributed by atoms with van der Waals surface area (Å²) in [5, 5.41) is 20.4. The molecule has 0 spiro atoms. The number of phenols is 2. The highest BCUT2D eigenvalue weighted by molar-refractivity contribution is 5.97. The highest BCUT2D eigenvalue weighted by Gasteiger charge is 2.19. The average molecular weight is 465 g/mol. The SMILES string of the molecule is Cc1cc(F)c(O)c(C(=O)N(C)CCN(C)C)c1.Oc1ccccc1-c1c[nH]c2ncccc12. The van der Waals surface area contributed by atoms with Crippen LogP contribution in [-0.4, -0.2) is 70.1 Å². The summed E-state index contributed by atoms with van der Waals surface area (Å²) in [5.74, 6) is -1.44. The largest absolute Gasteiger partial charge is 0.507 e. The minimum absolute atomic E-state index is 0.00811. The molecule has 4 rings (SSSR count). The molecule has 34 heavy (non-hydrogen) atoms. The molecule has 0 fully saturated rings. The van der Waals surface area contributed by atoms with Gasteiger partial charge in [0.15, 0.2) is 11.6 Å². The number of pyridine rings is 1. The summed E-state index contributed by atoms with van der Waals surface area (Å²) in [6.07, 6.45) is 3.61. The van der Waals surface area contributed by atoms with E-state index in [2.05, 4.69) is 9.97 Å². The van der Waals surface area contributed by atoms with Crippen LogP contribution < -0.4 is 0 Å². The van der Waals surface area contributed by atoms with Crippen LogP contribution in [0.5, 0.6) is 11.5 Å². The number of carbonyl (C=O) groups is 1. The van der Waals surface area contributed by atoms with Crippen LogP contribution in [0.15, 0.2) is 60.9 Å². The fraction of sp³-hybridized carbons (Fsp3) is 0.231. The molecule has 0 atom stereocenters. The summed E-state index contributed by atoms with van der Waals surface area (Å²) in [7, 11) is 5.44. The second-order valence-corrected chi connectivity index (χ2v) is 8.29. The number of nitrogens with zero attached hydrogens (tertiary/aromatic N) is 3. The predicted molar refractivity (Wildman–Crippen MR) is 132 cm³/mol. The first-order valence-electron chi connectivity index (χ1n) is 10.8. The monoisotopic (exact) mass is 464 g/mol. The lowest BCUT2D eigenvalue weighted by Crippen LogP contribution is -2.33. The Bertz CT molecular complexity index is 1290. The molecule has 0 saturated heterocycles. The number of likely N-dealkylation sites (N-methyl/N-ethyl adjacent to an activating group) is 2. The summed E-state index contributed by atoms with van der Waals surface area (Å²) >= 11 is 0. The van der Waals surface area contributed by atoms with Crippen molar-refractivity contribution in [3.05, 3.63) is 77.9 Å². The van der Waals surface area contributed by atoms with Gasteiger partial charge in [-0.3, -0.25) is 4.79 Å². The van der Waals surface area contributed by atoms with Crippen LogP contribution in [0.25, 0.3) is 22.2 Å². The third-order valence-electron chi connectivity index (χ3n) is 5.31. The Hall–Kier alpha value is -3.91. The second kappa shape index (κ2) is 10.8. The fourth-order valence-electron chi connectivity index (χ4n) is 3.43. The van der Waals surface area contributed by atoms with Gasteiger partial charge >= 0.3 is 0 Å². The number of amides is 1. The van der Waals surface area contributed by atoms with E-state index in [9.17, 15) is 19.4 Å². The number of aromatic hydroxyl groups is 2. The van der Waals surface area contributed by atoms with Crippen molar-refractivity contribution in [3.8, 4) is 22.6 Å². The van der Waals surface area contributed by atoms with Crippen molar-refractivity contribution in [1.82, 2.24) is 19.8 Å². The lowest BCUT2D eigenvalue weighted by Gasteiger charge is -2.20. The van der Waals surface area contributed by atoms with E-state index in [1.54, 1.807) is 26.2 Å². The number of aromatic nitrogens is 2. The number of phenolic OH excluding ortho intramolecular Hbond substituents is 2. The Morgan fingerprint density at radius 3 is 2.47 bits per heavy atom. The van der Waals surface area contributed by atoms with E-state index >= 15 is 0 Å². The molecular formula is C26H29FN4O3. The number of fused-ring (bicyclic) bond motifs is 1. The van der Waals surface area contributed by atoms with Gasteiger partial charge in [0.25, 0.3) is 5.91 Å². The second-order valence-electron chi connectivity index (χ2n) is 8.29. The smallest absolute Gasteiger partial charge is 0.257 e. The minimum atomic E-state index is -0.764. The standard InChI is InChI=1S/C13H19FN2O2.C13H10N2O/c1-9-7-10(12(17)11(14)8-9)13(18)16(4)6-5-15(2)3;16-12-6-2-1-4-9(12)11-8-15-13-10(11)5-3-7-14-13/h7-8,17H,5-6H2,1-4H3;1-8,16H,(H,14,15). The number of nitrogens with one attached hydrogen (secondary N) is 1. The molecule has 0 unspecified atom stereocenters. The number of benzene rings is 2. The van der Waals surface area contributed by atoms with Gasteiger partial charge in [-0.1, -0.05) is 18.2 Å². The molecule has 2 heterocycles. The van der Waals surface area contributed by atoms with Crippen LogP contribution in [0.3, 0.4) is 0 Å². The zero-order valence-electron chi connectivity index (χ0n) is 19.7. The van der Waals surface area contributed by atoms with E-state index in [1.807, 2.05) is 55.5 Å². The van der Waals surface area contributed by atoms with E-state index in [0.717, 1.165) is 22.2 Å². The van der Waals surface area contributed by atoms with Crippen molar-refractivity contribution < 1.29 is 19.4 Å². The molecule has 1 amide bonds. The maximum Gasteiger partial charge on any atom is 0.257 e. The van der Waals surface area contributed by atoms with Crippen LogP contribution in [-0.2, 0) is 0 Å². The fourth-order valence-corrected chi connectivity index (χ4v) is 3.43. The normalized spacial score (nSPS) is 10.8. The van der Waals surface area contributed by atoms with E-state index in [-0.39, 0.29) is 17.2 Å². The molecule has 2 aromatic carbocycles. The molecule has 0 radical (unpaired) electrons. The van der Waals surface area contributed by atoms with Crippen molar-refractivity contribution in [1.29, 1.82) is 0 Å². The molecule has 3 N–H and O–H groups in total. The Balaban J connectivity index is 0.000000191. The molecule has 0 aliphatic heterocycles. The van der Waals surface area contributed by atoms with Gasteiger partial charge < -0.3 is 25.0 Å². The van der Waals surface area contributed by atoms with Crippen LogP contribution >= 0.6 is 0 Å². The van der Waals surface area contributed by atoms with Crippen molar-refractivity contribution in [3.63, 3.8) is 0 Å². The number of rotatable bonds is 5. The number of hydrogen-bond acceptors (Lipinski definition) is 5. The molecule has 7 nitrogen and oxygen atoms in total. The van der Waals surface area contributed by atoms with E-state index in [0.29, 0.717) is 18.7 Å². The Kier molecular flexibility index (Phi) is 7.86. The number of carbonyl (C=O) groups excluding carboxylic acids is 1. The third kappa shape index (κ3) is 5.71. The quantitative estimate of drug-likeness (QED) is 0.407. The van der Waals surface area contributed by atoms with Crippen LogP contribution in [0, 0.1) is 12.7 Å². The first-order chi connectivity index (χ1) is 16.2. The van der Waals surface area contributed by atoms with Crippen molar-refractivity contribution in [2.75, 3.05) is 34.2 Å². The summed E-state index contributed by atoms with van der Waals surface area (Å²) in [6, 6.07) is 13.9. The van der Waals surface area contributed by atoms with Crippen LogP contribution in [0.4, 0.5) is 4.39 Å². The van der Waals surface area contributed by atoms with Gasteiger partial charge in [-0.05, 0) is 56.9 Å². The predicted octanol–water partition coefficient (Wildman–Crippen LogP) is 4.41. The van der Waals surface area contributed by atoms with Gasteiger partial charge in [0.05, 0.1) is 5.56 Å². The highest BCUT2D eigenvalue weighted by Crippen LogP contribution is 2.33. The zero-order valence-corrected chi connectivity index (χ0v) is 19.7. The Morgan fingerprint density at radius 2 is 1.76 bits per heavy atom. The van der Waals surface area contributed by atoms with Crippen molar-refractivity contribution in [2.45, 2.75) is 6.92 Å². The number of para-hydroxylation sites is 1. The first-order valence-corrected chi connectivity index (χ1v) is 10.8. The number of H-pyrrole nitrogens is 1. The number of aromatic amines is 1. The molecule has 0 bridgehead atoms. The van der Waals surface area contributed by atoms with Gasteiger partial charge in [-0.2, -0.15) is 0 Å². The molecule has 8 heteroatoms. The van der Waals surface area contributed by atoms with Crippen molar-refractivity contribution >= 4 is 16.9 Å². The summed E-state index contributed by atoms with van der Waals surface area (Å²) in [4.78, 5) is 22.8. The van der Waals surface area contributed by atoms with Gasteiger partial charge in [-0.15, -0.1) is 0 Å². The van der Waals surface area contributed by atoms with E-state index in [4.69, 9.17) is 0 Å². The zero-order chi connectivity index (χ0) is 24.8. The molecular weight excluding hydrogens is 435 g/mol. The Morgan fingerprint density at radius 1 is 1.03 bits per heavy atom. The molecule has 0 aliphatic rings. The summed E-state index contributed by atoms with van der Waals surface area (Å²) in [5.41, 5.74) is 3.24. The lowest BCUT2D eigenvalue weighted by atomic mass is 10.1. The van der Waals surface area contributed by atoms with Gasteiger partial charge in [0.2, 0.25) is 0 Å². The van der Waals surface area contributed by atoms with Gasteiger partial charge in [-0.25, -0.2) is 9.37 Å². The first kappa shape index (κ1) is 24.7. The van der Waals surface area contributed by atoms with Gasteiger partial charge in [0.1, 0.15) is 11.4 Å². The van der Waals surface area contributed by atoms with Crippen LogP contribution in [0.2, 0.25) is 0 Å². The number of aryl methyl sites for hydroxylation is 1. The number of halogens is 1. The molecule has 178 valence electrons. The molecule has 4 aromatic rings. The maximum atomic E-state index is 13.3. The van der Waals surface area contributed by atoms with Gasteiger partial charge in [0, 0.05) is 49.0 Å². The van der Waals surface area contributed by atoms with Crippen LogP contribution in [0.1, 0.15) is 15.9 Å². The summed E-state index contributed by atoms with van der Waals surface area (Å²) in [6.45, 7) is 2.90. The highest BCUT2D eigenvalue weighted by atomic mass is 19.1. The third-order valence-corrected chi connectivity index (χ3v) is 5.31. The summed E-state index contributed by atoms with van der Waals surface area (Å²) < 4.78 is 13.3.